The monoisotopic (exact) mass is 374 g/mol. The van der Waals surface area contributed by atoms with E-state index in [4.69, 9.17) is 0 Å². The van der Waals surface area contributed by atoms with Crippen LogP contribution in [0.25, 0.3) is 0 Å². The summed E-state index contributed by atoms with van der Waals surface area (Å²) in [7, 11) is 2.06. The van der Waals surface area contributed by atoms with E-state index in [0.717, 1.165) is 16.8 Å². The molecule has 2 aromatic heterocycles. The van der Waals surface area contributed by atoms with Crippen LogP contribution in [0, 0.1) is 6.92 Å². The lowest BCUT2D eigenvalue weighted by atomic mass is 10.2. The molecule has 0 N–H and O–H groups in total. The molecule has 0 aliphatic carbocycles. The predicted molar refractivity (Wildman–Crippen MR) is 80.8 cm³/mol. The summed E-state index contributed by atoms with van der Waals surface area (Å²) in [6.45, 7) is 2.95. The molecule has 0 unspecified atom stereocenters. The first-order chi connectivity index (χ1) is 8.06. The second-order valence-corrected chi connectivity index (χ2v) is 7.12. The molecule has 2 rings (SSSR count). The molecule has 2 nitrogen and oxygen atoms in total. The summed E-state index contributed by atoms with van der Waals surface area (Å²) in [5, 5.41) is 2.16. The molecule has 0 aromatic carbocycles. The van der Waals surface area contributed by atoms with E-state index in [1.807, 2.05) is 6.20 Å². The van der Waals surface area contributed by atoms with Crippen molar-refractivity contribution in [1.82, 2.24) is 4.98 Å². The zero-order valence-electron chi connectivity index (χ0n) is 9.58. The fourth-order valence-corrected chi connectivity index (χ4v) is 3.36. The average Bonchev–Trinajstić information content (AvgIpc) is 2.63. The number of thiophene rings is 1. The van der Waals surface area contributed by atoms with Gasteiger partial charge in [0.15, 0.2) is 0 Å². The fraction of sp³-hybridized carbons (Fsp3) is 0.250. The van der Waals surface area contributed by atoms with Crippen molar-refractivity contribution >= 4 is 49.0 Å². The molecule has 17 heavy (non-hydrogen) atoms. The Morgan fingerprint density at radius 3 is 2.71 bits per heavy atom. The minimum Gasteiger partial charge on any atom is -0.355 e. The zero-order chi connectivity index (χ0) is 12.4. The first-order valence-corrected chi connectivity index (χ1v) is 7.59. The molecule has 0 saturated heterocycles. The maximum Gasteiger partial charge on any atom is 0.131 e. The Morgan fingerprint density at radius 2 is 2.12 bits per heavy atom. The van der Waals surface area contributed by atoms with Crippen LogP contribution in [-0.2, 0) is 6.54 Å². The van der Waals surface area contributed by atoms with Crippen LogP contribution in [0.2, 0.25) is 0 Å². The summed E-state index contributed by atoms with van der Waals surface area (Å²) >= 11 is 8.62. The summed E-state index contributed by atoms with van der Waals surface area (Å²) < 4.78 is 2.19. The maximum atomic E-state index is 4.45. The summed E-state index contributed by atoms with van der Waals surface area (Å²) in [6.07, 6.45) is 1.84. The Hall–Kier alpha value is -0.390. The van der Waals surface area contributed by atoms with Gasteiger partial charge in [0.05, 0.1) is 3.79 Å². The lowest BCUT2D eigenvalue weighted by Gasteiger charge is -2.19. The van der Waals surface area contributed by atoms with Gasteiger partial charge >= 0.3 is 0 Å². The number of rotatable bonds is 3. The average molecular weight is 376 g/mol. The van der Waals surface area contributed by atoms with Crippen LogP contribution in [0.15, 0.2) is 32.0 Å². The SMILES string of the molecule is Cc1cc(Br)cnc1N(C)Cc1csc(Br)c1. The summed E-state index contributed by atoms with van der Waals surface area (Å²) in [5.74, 6) is 1.02. The van der Waals surface area contributed by atoms with E-state index in [0.29, 0.717) is 0 Å². The van der Waals surface area contributed by atoms with E-state index < -0.39 is 0 Å². The molecule has 0 bridgehead atoms. The molecule has 0 aliphatic heterocycles. The molecule has 0 saturated carbocycles. The topological polar surface area (TPSA) is 16.1 Å². The van der Waals surface area contributed by atoms with Gasteiger partial charge in [-0.15, -0.1) is 11.3 Å². The smallest absolute Gasteiger partial charge is 0.131 e. The third kappa shape index (κ3) is 3.30. The molecule has 0 fully saturated rings. The van der Waals surface area contributed by atoms with Crippen molar-refractivity contribution in [3.8, 4) is 0 Å². The third-order valence-corrected chi connectivity index (χ3v) is 4.41. The maximum absolute atomic E-state index is 4.45. The number of aryl methyl sites for hydroxylation is 1. The minimum absolute atomic E-state index is 0.873. The van der Waals surface area contributed by atoms with Gasteiger partial charge in [0, 0.05) is 24.3 Å². The van der Waals surface area contributed by atoms with Crippen LogP contribution in [0.1, 0.15) is 11.1 Å². The summed E-state index contributed by atoms with van der Waals surface area (Å²) in [4.78, 5) is 6.61. The molecule has 0 spiro atoms. The van der Waals surface area contributed by atoms with E-state index in [1.54, 1.807) is 11.3 Å². The molecule has 90 valence electrons. The number of hydrogen-bond donors (Lipinski definition) is 0. The largest absolute Gasteiger partial charge is 0.355 e. The van der Waals surface area contributed by atoms with E-state index in [2.05, 4.69) is 73.2 Å². The minimum atomic E-state index is 0.873. The van der Waals surface area contributed by atoms with Crippen LogP contribution in [-0.4, -0.2) is 12.0 Å². The Morgan fingerprint density at radius 1 is 1.35 bits per heavy atom. The van der Waals surface area contributed by atoms with Gasteiger partial charge in [-0.3, -0.25) is 0 Å². The van der Waals surface area contributed by atoms with E-state index >= 15 is 0 Å². The van der Waals surface area contributed by atoms with Gasteiger partial charge in [-0.05, 0) is 67.4 Å². The second-order valence-electron chi connectivity index (χ2n) is 3.91. The van der Waals surface area contributed by atoms with Crippen molar-refractivity contribution in [3.63, 3.8) is 0 Å². The highest BCUT2D eigenvalue weighted by atomic mass is 79.9. The molecule has 2 aromatic rings. The normalized spacial score (nSPS) is 10.6. The lowest BCUT2D eigenvalue weighted by Crippen LogP contribution is -2.18. The number of aromatic nitrogens is 1. The molecule has 0 aliphatic rings. The number of anilines is 1. The van der Waals surface area contributed by atoms with Crippen molar-refractivity contribution in [2.75, 3.05) is 11.9 Å². The van der Waals surface area contributed by atoms with Crippen molar-refractivity contribution in [2.24, 2.45) is 0 Å². The zero-order valence-corrected chi connectivity index (χ0v) is 13.6. The van der Waals surface area contributed by atoms with Crippen LogP contribution >= 0.6 is 43.2 Å². The number of pyridine rings is 1. The molecular formula is C12H12Br2N2S. The molecule has 0 atom stereocenters. The van der Waals surface area contributed by atoms with Gasteiger partial charge in [0.1, 0.15) is 5.82 Å². The first-order valence-electron chi connectivity index (χ1n) is 5.12. The van der Waals surface area contributed by atoms with Gasteiger partial charge in [0.2, 0.25) is 0 Å². The number of nitrogens with zero attached hydrogens (tertiary/aromatic N) is 2. The highest BCUT2D eigenvalue weighted by molar-refractivity contribution is 9.11. The standard InChI is InChI=1S/C12H12Br2N2S/c1-8-3-10(13)5-15-12(8)16(2)6-9-4-11(14)17-7-9/h3-5,7H,6H2,1-2H3. The lowest BCUT2D eigenvalue weighted by molar-refractivity contribution is 0.893. The van der Waals surface area contributed by atoms with Crippen LogP contribution < -0.4 is 4.90 Å². The van der Waals surface area contributed by atoms with Crippen LogP contribution in [0.3, 0.4) is 0 Å². The molecule has 0 radical (unpaired) electrons. The van der Waals surface area contributed by atoms with Crippen molar-refractivity contribution in [1.29, 1.82) is 0 Å². The molecular weight excluding hydrogens is 364 g/mol. The summed E-state index contributed by atoms with van der Waals surface area (Å²) in [6, 6.07) is 4.23. The van der Waals surface area contributed by atoms with Gasteiger partial charge in [-0.2, -0.15) is 0 Å². The van der Waals surface area contributed by atoms with Gasteiger partial charge < -0.3 is 4.90 Å². The number of halogens is 2. The summed E-state index contributed by atoms with van der Waals surface area (Å²) in [5.41, 5.74) is 2.48. The molecule has 5 heteroatoms. The fourth-order valence-electron chi connectivity index (χ4n) is 1.71. The quantitative estimate of drug-likeness (QED) is 0.778. The van der Waals surface area contributed by atoms with Crippen molar-refractivity contribution < 1.29 is 0 Å². The Kier molecular flexibility index (Phi) is 4.22. The van der Waals surface area contributed by atoms with Crippen LogP contribution in [0.5, 0.6) is 0 Å². The van der Waals surface area contributed by atoms with E-state index in [1.165, 1.54) is 14.9 Å². The number of hydrogen-bond acceptors (Lipinski definition) is 3. The van der Waals surface area contributed by atoms with Gasteiger partial charge in [-0.25, -0.2) is 4.98 Å². The Labute approximate surface area is 122 Å². The first kappa shape index (κ1) is 13.1. The molecule has 0 amide bonds. The van der Waals surface area contributed by atoms with Crippen molar-refractivity contribution in [3.05, 3.63) is 43.1 Å². The Balaban J connectivity index is 2.17. The van der Waals surface area contributed by atoms with E-state index in [-0.39, 0.29) is 0 Å². The highest BCUT2D eigenvalue weighted by Crippen LogP contribution is 2.24. The second kappa shape index (κ2) is 5.50. The van der Waals surface area contributed by atoms with Gasteiger partial charge in [-0.1, -0.05) is 0 Å². The molecule has 2 heterocycles. The van der Waals surface area contributed by atoms with E-state index in [9.17, 15) is 0 Å². The predicted octanol–water partition coefficient (Wildman–Crippen LogP) is 4.61. The van der Waals surface area contributed by atoms with Crippen molar-refractivity contribution in [2.45, 2.75) is 13.5 Å². The van der Waals surface area contributed by atoms with Gasteiger partial charge in [0.25, 0.3) is 0 Å². The highest BCUT2D eigenvalue weighted by Gasteiger charge is 2.08. The Bertz CT molecular complexity index is 525. The van der Waals surface area contributed by atoms with Crippen LogP contribution in [0.4, 0.5) is 5.82 Å². The third-order valence-electron chi connectivity index (χ3n) is 2.42.